The first-order chi connectivity index (χ1) is 10.9. The molecule has 1 aliphatic heterocycles. The lowest BCUT2D eigenvalue weighted by Crippen LogP contribution is -2.44. The van der Waals surface area contributed by atoms with E-state index >= 15 is 0 Å². The number of anilines is 1. The summed E-state index contributed by atoms with van der Waals surface area (Å²) in [5.74, 6) is 0.281. The Morgan fingerprint density at radius 2 is 2.04 bits per heavy atom. The van der Waals surface area contributed by atoms with Crippen LogP contribution in [0.1, 0.15) is 13.3 Å². The van der Waals surface area contributed by atoms with Gasteiger partial charge in [-0.25, -0.2) is 0 Å². The molecule has 2 amide bonds. The van der Waals surface area contributed by atoms with Crippen LogP contribution in [0.15, 0.2) is 18.2 Å². The van der Waals surface area contributed by atoms with Gasteiger partial charge in [0.1, 0.15) is 0 Å². The Morgan fingerprint density at radius 3 is 2.78 bits per heavy atom. The van der Waals surface area contributed by atoms with Crippen LogP contribution in [0.3, 0.4) is 0 Å². The molecule has 1 aliphatic rings. The summed E-state index contributed by atoms with van der Waals surface area (Å²) < 4.78 is 10.4. The number of fused-ring (bicyclic) bond motifs is 1. The number of ether oxygens (including phenoxy) is 2. The molecule has 1 aromatic rings. The smallest absolute Gasteiger partial charge is 0.313 e. The van der Waals surface area contributed by atoms with E-state index in [1.165, 1.54) is 0 Å². The Kier molecular flexibility index (Phi) is 5.73. The highest BCUT2D eigenvalue weighted by atomic mass is 32.2. The average Bonchev–Trinajstić information content (AvgIpc) is 2.98. The second-order valence-corrected chi connectivity index (χ2v) is 6.43. The van der Waals surface area contributed by atoms with Crippen molar-refractivity contribution in [3.63, 3.8) is 0 Å². The molecule has 0 aliphatic carbocycles. The van der Waals surface area contributed by atoms with Gasteiger partial charge < -0.3 is 25.2 Å². The van der Waals surface area contributed by atoms with Crippen LogP contribution in [-0.4, -0.2) is 47.9 Å². The van der Waals surface area contributed by atoms with Crippen molar-refractivity contribution in [2.45, 2.75) is 18.9 Å². The lowest BCUT2D eigenvalue weighted by Gasteiger charge is -2.23. The molecule has 126 valence electrons. The normalized spacial score (nSPS) is 14.9. The Labute approximate surface area is 138 Å². The van der Waals surface area contributed by atoms with Crippen LogP contribution in [0.5, 0.6) is 11.5 Å². The molecule has 3 N–H and O–H groups in total. The predicted molar refractivity (Wildman–Crippen MR) is 87.8 cm³/mol. The number of thioether (sulfide) groups is 1. The first kappa shape index (κ1) is 17.4. The van der Waals surface area contributed by atoms with E-state index in [0.717, 1.165) is 5.75 Å². The van der Waals surface area contributed by atoms with Crippen LogP contribution in [-0.2, 0) is 9.59 Å². The number of hydrogen-bond donors (Lipinski definition) is 3. The number of carbonyl (C=O) groups is 2. The number of aliphatic hydroxyl groups is 1. The highest BCUT2D eigenvalue weighted by Gasteiger charge is 2.23. The maximum atomic E-state index is 11.9. The summed E-state index contributed by atoms with van der Waals surface area (Å²) in [5, 5.41) is 15.0. The van der Waals surface area contributed by atoms with Gasteiger partial charge in [0.05, 0.1) is 5.60 Å². The zero-order chi connectivity index (χ0) is 16.9. The number of rotatable bonds is 6. The number of amides is 2. The maximum Gasteiger partial charge on any atom is 0.313 e. The Bertz CT molecular complexity index is 591. The first-order valence-corrected chi connectivity index (χ1v) is 8.51. The predicted octanol–water partition coefficient (Wildman–Crippen LogP) is 0.974. The Balaban J connectivity index is 1.84. The molecule has 0 fully saturated rings. The number of carbonyl (C=O) groups excluding carboxylic acids is 2. The molecular formula is C15H20N2O5S. The molecular weight excluding hydrogens is 320 g/mol. The van der Waals surface area contributed by atoms with Crippen molar-refractivity contribution in [1.82, 2.24) is 5.32 Å². The largest absolute Gasteiger partial charge is 0.454 e. The summed E-state index contributed by atoms with van der Waals surface area (Å²) in [6, 6.07) is 4.86. The fourth-order valence-electron chi connectivity index (χ4n) is 1.92. The maximum absolute atomic E-state index is 11.9. The molecule has 0 radical (unpaired) electrons. The van der Waals surface area contributed by atoms with E-state index in [4.69, 9.17) is 9.47 Å². The van der Waals surface area contributed by atoms with Gasteiger partial charge in [-0.3, -0.25) is 9.59 Å². The minimum absolute atomic E-state index is 0.0148. The van der Waals surface area contributed by atoms with Crippen molar-refractivity contribution >= 4 is 29.3 Å². The van der Waals surface area contributed by atoms with Crippen LogP contribution >= 0.6 is 11.8 Å². The number of nitrogens with one attached hydrogen (secondary N) is 2. The number of benzene rings is 1. The zero-order valence-corrected chi connectivity index (χ0v) is 13.9. The minimum atomic E-state index is -1.04. The van der Waals surface area contributed by atoms with Crippen molar-refractivity contribution in [2.75, 3.05) is 30.7 Å². The molecule has 1 aromatic carbocycles. The molecule has 1 atom stereocenters. The lowest BCUT2D eigenvalue weighted by atomic mass is 10.0. The molecule has 8 heteroatoms. The molecule has 0 bridgehead atoms. The monoisotopic (exact) mass is 340 g/mol. The average molecular weight is 340 g/mol. The third kappa shape index (κ3) is 5.04. The van der Waals surface area contributed by atoms with Gasteiger partial charge in [0, 0.05) is 18.3 Å². The van der Waals surface area contributed by atoms with E-state index in [1.54, 1.807) is 36.9 Å². The second-order valence-electron chi connectivity index (χ2n) is 5.44. The molecule has 0 aromatic heterocycles. The summed E-state index contributed by atoms with van der Waals surface area (Å²) >= 11 is 1.61. The zero-order valence-electron chi connectivity index (χ0n) is 13.0. The standard InChI is InChI=1S/C15H20N2O5S/c1-15(20,5-6-23-2)8-16-13(18)14(19)17-10-3-4-11-12(7-10)22-9-21-11/h3-4,7,20H,5-6,8-9H2,1-2H3,(H,16,18)(H,17,19)/t15-/m1/s1. The van der Waals surface area contributed by atoms with Crippen LogP contribution in [0, 0.1) is 0 Å². The number of hydrogen-bond acceptors (Lipinski definition) is 6. The molecule has 0 saturated heterocycles. The van der Waals surface area contributed by atoms with Crippen LogP contribution < -0.4 is 20.1 Å². The minimum Gasteiger partial charge on any atom is -0.454 e. The van der Waals surface area contributed by atoms with Crippen molar-refractivity contribution in [2.24, 2.45) is 0 Å². The van der Waals surface area contributed by atoms with Gasteiger partial charge in [-0.05, 0) is 37.5 Å². The highest BCUT2D eigenvalue weighted by molar-refractivity contribution is 7.98. The Morgan fingerprint density at radius 1 is 1.30 bits per heavy atom. The third-order valence-electron chi connectivity index (χ3n) is 3.31. The van der Waals surface area contributed by atoms with Gasteiger partial charge in [-0.1, -0.05) is 0 Å². The van der Waals surface area contributed by atoms with Gasteiger partial charge >= 0.3 is 11.8 Å². The Hall–Kier alpha value is -1.93. The second kappa shape index (κ2) is 7.56. The van der Waals surface area contributed by atoms with E-state index in [9.17, 15) is 14.7 Å². The summed E-state index contributed by atoms with van der Waals surface area (Å²) in [6.07, 6.45) is 2.46. The lowest BCUT2D eigenvalue weighted by molar-refractivity contribution is -0.136. The van der Waals surface area contributed by atoms with Crippen LogP contribution in [0.2, 0.25) is 0 Å². The van der Waals surface area contributed by atoms with E-state index in [1.807, 2.05) is 6.26 Å². The van der Waals surface area contributed by atoms with Gasteiger partial charge in [0.15, 0.2) is 11.5 Å². The van der Waals surface area contributed by atoms with E-state index in [0.29, 0.717) is 23.6 Å². The van der Waals surface area contributed by atoms with Gasteiger partial charge in [0.2, 0.25) is 6.79 Å². The SMILES string of the molecule is CSCC[C@@](C)(O)CNC(=O)C(=O)Nc1ccc2c(c1)OCO2. The van der Waals surface area contributed by atoms with Gasteiger partial charge in [-0.2, -0.15) is 11.8 Å². The topological polar surface area (TPSA) is 96.9 Å². The van der Waals surface area contributed by atoms with Gasteiger partial charge in [0.25, 0.3) is 0 Å². The fraction of sp³-hybridized carbons (Fsp3) is 0.467. The molecule has 23 heavy (non-hydrogen) atoms. The van der Waals surface area contributed by atoms with Crippen LogP contribution in [0.25, 0.3) is 0 Å². The van der Waals surface area contributed by atoms with E-state index < -0.39 is 17.4 Å². The highest BCUT2D eigenvalue weighted by Crippen LogP contribution is 2.34. The third-order valence-corrected chi connectivity index (χ3v) is 3.92. The fourth-order valence-corrected chi connectivity index (χ4v) is 2.57. The van der Waals surface area contributed by atoms with E-state index in [-0.39, 0.29) is 13.3 Å². The molecule has 1 heterocycles. The van der Waals surface area contributed by atoms with Crippen molar-refractivity contribution < 1.29 is 24.2 Å². The first-order valence-electron chi connectivity index (χ1n) is 7.11. The van der Waals surface area contributed by atoms with Crippen molar-refractivity contribution in [1.29, 1.82) is 0 Å². The molecule has 7 nitrogen and oxygen atoms in total. The summed E-state index contributed by atoms with van der Waals surface area (Å²) in [6.45, 7) is 1.78. The molecule has 0 saturated carbocycles. The van der Waals surface area contributed by atoms with Crippen molar-refractivity contribution in [3.8, 4) is 11.5 Å². The quantitative estimate of drug-likeness (QED) is 0.668. The van der Waals surface area contributed by atoms with E-state index in [2.05, 4.69) is 10.6 Å². The summed E-state index contributed by atoms with van der Waals surface area (Å²) in [5.41, 5.74) is -0.610. The van der Waals surface area contributed by atoms with Crippen molar-refractivity contribution in [3.05, 3.63) is 18.2 Å². The molecule has 2 rings (SSSR count). The summed E-state index contributed by atoms with van der Waals surface area (Å²) in [7, 11) is 0. The molecule has 0 spiro atoms. The molecule has 0 unspecified atom stereocenters. The summed E-state index contributed by atoms with van der Waals surface area (Å²) in [4.78, 5) is 23.7. The van der Waals surface area contributed by atoms with Crippen LogP contribution in [0.4, 0.5) is 5.69 Å². The van der Waals surface area contributed by atoms with Gasteiger partial charge in [-0.15, -0.1) is 0 Å².